The van der Waals surface area contributed by atoms with Gasteiger partial charge >= 0.3 is 0 Å². The van der Waals surface area contributed by atoms with E-state index >= 15 is 0 Å². The lowest BCUT2D eigenvalue weighted by molar-refractivity contribution is -0.124. The molecule has 2 aliphatic rings. The summed E-state index contributed by atoms with van der Waals surface area (Å²) >= 11 is 0. The van der Waals surface area contributed by atoms with E-state index in [2.05, 4.69) is 0 Å². The van der Waals surface area contributed by atoms with Gasteiger partial charge in [-0.15, -0.1) is 0 Å². The van der Waals surface area contributed by atoms with Crippen molar-refractivity contribution >= 4 is 17.5 Å². The van der Waals surface area contributed by atoms with Gasteiger partial charge in [-0.3, -0.25) is 9.59 Å². The van der Waals surface area contributed by atoms with Gasteiger partial charge in [0.25, 0.3) is 5.91 Å². The number of nitrogens with zero attached hydrogens (tertiary/aromatic N) is 2. The minimum atomic E-state index is -0.652. The Morgan fingerprint density at radius 3 is 2.67 bits per heavy atom. The van der Waals surface area contributed by atoms with Gasteiger partial charge in [-0.2, -0.15) is 0 Å². The molecule has 0 bridgehead atoms. The maximum atomic E-state index is 13.9. The average Bonchev–Trinajstić information content (AvgIpc) is 3.13. The zero-order valence-corrected chi connectivity index (χ0v) is 15.1. The Morgan fingerprint density at radius 1 is 1.11 bits per heavy atom. The second-order valence-corrected chi connectivity index (χ2v) is 6.67. The SMILES string of the molecule is Cc1ccc(N2CCN(C(=O)c3ccc4c(c3)OCO4)C(C)C2=O)cc1F. The van der Waals surface area contributed by atoms with E-state index in [0.29, 0.717) is 41.4 Å². The Bertz CT molecular complexity index is 930. The van der Waals surface area contributed by atoms with Gasteiger partial charge in [0.1, 0.15) is 11.9 Å². The van der Waals surface area contributed by atoms with Gasteiger partial charge in [0.05, 0.1) is 0 Å². The van der Waals surface area contributed by atoms with Crippen LogP contribution in [-0.4, -0.2) is 42.6 Å². The molecule has 1 fully saturated rings. The predicted octanol–water partition coefficient (Wildman–Crippen LogP) is 2.74. The van der Waals surface area contributed by atoms with Crippen molar-refractivity contribution in [3.8, 4) is 11.5 Å². The highest BCUT2D eigenvalue weighted by atomic mass is 19.1. The molecule has 2 aromatic carbocycles. The summed E-state index contributed by atoms with van der Waals surface area (Å²) in [5.74, 6) is 0.282. The fraction of sp³-hybridized carbons (Fsp3) is 0.300. The summed E-state index contributed by atoms with van der Waals surface area (Å²) in [7, 11) is 0. The number of halogens is 1. The number of rotatable bonds is 2. The molecule has 0 saturated carbocycles. The molecule has 2 heterocycles. The van der Waals surface area contributed by atoms with Crippen molar-refractivity contribution in [2.24, 2.45) is 0 Å². The normalized spacial score (nSPS) is 18.8. The average molecular weight is 370 g/mol. The first-order chi connectivity index (χ1) is 13.0. The minimum Gasteiger partial charge on any atom is -0.454 e. The van der Waals surface area contributed by atoms with Gasteiger partial charge in [0.15, 0.2) is 11.5 Å². The molecule has 2 amide bonds. The molecule has 2 aliphatic heterocycles. The van der Waals surface area contributed by atoms with Crippen LogP contribution in [0.1, 0.15) is 22.8 Å². The summed E-state index contributed by atoms with van der Waals surface area (Å²) in [5.41, 5.74) is 1.47. The zero-order valence-electron chi connectivity index (χ0n) is 15.1. The molecule has 1 atom stereocenters. The van der Waals surface area contributed by atoms with Crippen molar-refractivity contribution in [2.45, 2.75) is 19.9 Å². The predicted molar refractivity (Wildman–Crippen MR) is 96.6 cm³/mol. The van der Waals surface area contributed by atoms with Crippen LogP contribution in [0.5, 0.6) is 11.5 Å². The van der Waals surface area contributed by atoms with E-state index < -0.39 is 6.04 Å². The number of carbonyl (C=O) groups is 2. The topological polar surface area (TPSA) is 59.1 Å². The van der Waals surface area contributed by atoms with Crippen molar-refractivity contribution in [2.75, 3.05) is 24.8 Å². The molecule has 4 rings (SSSR count). The first-order valence-electron chi connectivity index (χ1n) is 8.74. The van der Waals surface area contributed by atoms with Crippen molar-refractivity contribution < 1.29 is 23.5 Å². The third-order valence-corrected chi connectivity index (χ3v) is 5.00. The number of hydrogen-bond acceptors (Lipinski definition) is 4. The maximum Gasteiger partial charge on any atom is 0.254 e. The second-order valence-electron chi connectivity index (χ2n) is 6.67. The second kappa shape index (κ2) is 6.57. The van der Waals surface area contributed by atoms with E-state index in [1.807, 2.05) is 0 Å². The van der Waals surface area contributed by atoms with E-state index in [0.717, 1.165) is 0 Å². The number of amides is 2. The lowest BCUT2D eigenvalue weighted by atomic mass is 10.1. The van der Waals surface area contributed by atoms with Gasteiger partial charge < -0.3 is 19.3 Å². The quantitative estimate of drug-likeness (QED) is 0.816. The van der Waals surface area contributed by atoms with Crippen molar-refractivity contribution in [3.63, 3.8) is 0 Å². The Morgan fingerprint density at radius 2 is 1.89 bits per heavy atom. The highest BCUT2D eigenvalue weighted by Gasteiger charge is 2.36. The van der Waals surface area contributed by atoms with Crippen LogP contribution in [0, 0.1) is 12.7 Å². The van der Waals surface area contributed by atoms with Crippen molar-refractivity contribution in [1.29, 1.82) is 0 Å². The maximum absolute atomic E-state index is 13.9. The third kappa shape index (κ3) is 2.99. The van der Waals surface area contributed by atoms with Crippen LogP contribution in [0.4, 0.5) is 10.1 Å². The van der Waals surface area contributed by atoms with E-state index in [1.165, 1.54) is 15.9 Å². The molecule has 27 heavy (non-hydrogen) atoms. The number of carbonyl (C=O) groups excluding carboxylic acids is 2. The Kier molecular flexibility index (Phi) is 4.22. The largest absolute Gasteiger partial charge is 0.454 e. The summed E-state index contributed by atoms with van der Waals surface area (Å²) in [6, 6.07) is 9.05. The Hall–Kier alpha value is -3.09. The number of hydrogen-bond donors (Lipinski definition) is 0. The van der Waals surface area contributed by atoms with Crippen LogP contribution >= 0.6 is 0 Å². The lowest BCUT2D eigenvalue weighted by Crippen LogP contribution is -2.57. The summed E-state index contributed by atoms with van der Waals surface area (Å²) in [6.07, 6.45) is 0. The summed E-state index contributed by atoms with van der Waals surface area (Å²) < 4.78 is 24.4. The summed E-state index contributed by atoms with van der Waals surface area (Å²) in [5, 5.41) is 0. The van der Waals surface area contributed by atoms with Gasteiger partial charge in [-0.05, 0) is 49.7 Å². The molecule has 1 saturated heterocycles. The van der Waals surface area contributed by atoms with Gasteiger partial charge in [0.2, 0.25) is 12.7 Å². The van der Waals surface area contributed by atoms with Crippen LogP contribution in [0.3, 0.4) is 0 Å². The molecular weight excluding hydrogens is 351 g/mol. The fourth-order valence-electron chi connectivity index (χ4n) is 3.35. The molecule has 0 N–H and O–H groups in total. The van der Waals surface area contributed by atoms with E-state index in [-0.39, 0.29) is 24.4 Å². The summed E-state index contributed by atoms with van der Waals surface area (Å²) in [6.45, 7) is 4.15. The van der Waals surface area contributed by atoms with Crippen LogP contribution < -0.4 is 14.4 Å². The first kappa shape index (κ1) is 17.3. The van der Waals surface area contributed by atoms with E-state index in [4.69, 9.17) is 9.47 Å². The van der Waals surface area contributed by atoms with Crippen LogP contribution in [-0.2, 0) is 4.79 Å². The summed E-state index contributed by atoms with van der Waals surface area (Å²) in [4.78, 5) is 28.8. The molecule has 7 heteroatoms. The van der Waals surface area contributed by atoms with Gasteiger partial charge in [-0.1, -0.05) is 6.07 Å². The highest BCUT2D eigenvalue weighted by molar-refractivity contribution is 6.03. The first-order valence-corrected chi connectivity index (χ1v) is 8.74. The molecule has 0 aromatic heterocycles. The number of ether oxygens (including phenoxy) is 2. The molecule has 140 valence electrons. The standard InChI is InChI=1S/C20H19FN2O4/c1-12-3-5-15(10-16(12)21)23-8-7-22(13(2)19(23)24)20(25)14-4-6-17-18(9-14)27-11-26-17/h3-6,9-10,13H,7-8,11H2,1-2H3. The lowest BCUT2D eigenvalue weighted by Gasteiger charge is -2.39. The van der Waals surface area contributed by atoms with Crippen molar-refractivity contribution in [1.82, 2.24) is 4.90 Å². The third-order valence-electron chi connectivity index (χ3n) is 5.00. The molecule has 0 radical (unpaired) electrons. The van der Waals surface area contributed by atoms with Gasteiger partial charge in [-0.25, -0.2) is 4.39 Å². The van der Waals surface area contributed by atoms with E-state index in [1.54, 1.807) is 44.2 Å². The molecule has 0 aliphatic carbocycles. The smallest absolute Gasteiger partial charge is 0.254 e. The number of fused-ring (bicyclic) bond motifs is 1. The van der Waals surface area contributed by atoms with Crippen LogP contribution in [0.15, 0.2) is 36.4 Å². The fourth-order valence-corrected chi connectivity index (χ4v) is 3.35. The van der Waals surface area contributed by atoms with Crippen LogP contribution in [0.25, 0.3) is 0 Å². The highest BCUT2D eigenvalue weighted by Crippen LogP contribution is 2.33. The molecule has 6 nitrogen and oxygen atoms in total. The van der Waals surface area contributed by atoms with Crippen molar-refractivity contribution in [3.05, 3.63) is 53.3 Å². The number of aryl methyl sites for hydroxylation is 1. The number of benzene rings is 2. The number of piperazine rings is 1. The number of anilines is 1. The molecule has 0 spiro atoms. The molecule has 1 unspecified atom stereocenters. The molecule has 2 aromatic rings. The Balaban J connectivity index is 1.54. The molecular formula is C20H19FN2O4. The monoisotopic (exact) mass is 370 g/mol. The van der Waals surface area contributed by atoms with Gasteiger partial charge in [0, 0.05) is 24.3 Å². The van der Waals surface area contributed by atoms with Crippen LogP contribution in [0.2, 0.25) is 0 Å². The zero-order chi connectivity index (χ0) is 19.1. The Labute approximate surface area is 156 Å². The van der Waals surface area contributed by atoms with E-state index in [9.17, 15) is 14.0 Å². The minimum absolute atomic E-state index is 0.133.